The lowest BCUT2D eigenvalue weighted by atomic mass is 10.0. The largest absolute Gasteiger partial charge is 0.476 e. The Morgan fingerprint density at radius 1 is 1.16 bits per heavy atom. The van der Waals surface area contributed by atoms with Gasteiger partial charge in [0.15, 0.2) is 11.4 Å². The molecular formula is C20H28N2O3. The van der Waals surface area contributed by atoms with Crippen LogP contribution in [0.3, 0.4) is 0 Å². The predicted molar refractivity (Wildman–Crippen MR) is 98.4 cm³/mol. The highest BCUT2D eigenvalue weighted by Crippen LogP contribution is 2.38. The Morgan fingerprint density at radius 2 is 1.88 bits per heavy atom. The van der Waals surface area contributed by atoms with Crippen LogP contribution in [-0.4, -0.2) is 48.4 Å². The van der Waals surface area contributed by atoms with Gasteiger partial charge >= 0.3 is 0 Å². The van der Waals surface area contributed by atoms with E-state index in [1.165, 1.54) is 19.3 Å². The average Bonchev–Trinajstić information content (AvgIpc) is 2.62. The third kappa shape index (κ3) is 3.71. The van der Waals surface area contributed by atoms with Crippen LogP contribution in [0.25, 0.3) is 0 Å². The van der Waals surface area contributed by atoms with Gasteiger partial charge in [-0.15, -0.1) is 0 Å². The highest BCUT2D eigenvalue weighted by atomic mass is 16.5. The zero-order chi connectivity index (χ0) is 18.0. The maximum absolute atomic E-state index is 12.9. The molecule has 1 aromatic carbocycles. The van der Waals surface area contributed by atoms with Gasteiger partial charge < -0.3 is 14.5 Å². The Kier molecular flexibility index (Phi) is 5.13. The summed E-state index contributed by atoms with van der Waals surface area (Å²) in [7, 11) is 0. The molecule has 0 radical (unpaired) electrons. The van der Waals surface area contributed by atoms with E-state index in [9.17, 15) is 9.59 Å². The number of carbonyl (C=O) groups is 2. The second-order valence-corrected chi connectivity index (χ2v) is 7.43. The SMILES string of the molecule is CCC(=O)c1ccc2c(c1)N(CCN1CCCCC1)C(=O)C(C)(C)O2. The second-order valence-electron chi connectivity index (χ2n) is 7.43. The fourth-order valence-corrected chi connectivity index (χ4v) is 3.59. The van der Waals surface area contributed by atoms with Gasteiger partial charge in [-0.25, -0.2) is 0 Å². The van der Waals surface area contributed by atoms with Gasteiger partial charge in [0.1, 0.15) is 5.75 Å². The molecule has 0 aliphatic carbocycles. The minimum absolute atomic E-state index is 0.0434. The molecule has 0 N–H and O–H groups in total. The highest BCUT2D eigenvalue weighted by molar-refractivity contribution is 6.04. The summed E-state index contributed by atoms with van der Waals surface area (Å²) in [6.07, 6.45) is 4.21. The van der Waals surface area contributed by atoms with E-state index in [2.05, 4.69) is 4.90 Å². The maximum Gasteiger partial charge on any atom is 0.270 e. The first kappa shape index (κ1) is 17.9. The number of ether oxygens (including phenoxy) is 1. The van der Waals surface area contributed by atoms with Crippen molar-refractivity contribution in [3.63, 3.8) is 0 Å². The fourth-order valence-electron chi connectivity index (χ4n) is 3.59. The van der Waals surface area contributed by atoms with Crippen LogP contribution in [0.15, 0.2) is 18.2 Å². The van der Waals surface area contributed by atoms with Gasteiger partial charge in [0.05, 0.1) is 5.69 Å². The van der Waals surface area contributed by atoms with E-state index in [0.29, 0.717) is 24.3 Å². The van der Waals surface area contributed by atoms with Crippen molar-refractivity contribution in [2.45, 2.75) is 52.1 Å². The molecule has 0 atom stereocenters. The lowest BCUT2D eigenvalue weighted by Gasteiger charge is -2.40. The average molecular weight is 344 g/mol. The standard InChI is InChI=1S/C20H28N2O3/c1-4-17(23)15-8-9-18-16(14-15)22(19(24)20(2,3)25-18)13-12-21-10-6-5-7-11-21/h8-9,14H,4-7,10-13H2,1-3H3. The normalized spacial score (nSPS) is 20.1. The lowest BCUT2D eigenvalue weighted by molar-refractivity contribution is -0.132. The summed E-state index contributed by atoms with van der Waals surface area (Å²) in [5.74, 6) is 0.713. The number of piperidine rings is 1. The first-order valence-electron chi connectivity index (χ1n) is 9.33. The number of amides is 1. The Balaban J connectivity index is 1.86. The summed E-state index contributed by atoms with van der Waals surface area (Å²) in [5, 5.41) is 0. The fraction of sp³-hybridized carbons (Fsp3) is 0.600. The highest BCUT2D eigenvalue weighted by Gasteiger charge is 2.41. The van der Waals surface area contributed by atoms with E-state index in [4.69, 9.17) is 4.74 Å². The lowest BCUT2D eigenvalue weighted by Crippen LogP contribution is -2.54. The van der Waals surface area contributed by atoms with Crippen LogP contribution >= 0.6 is 0 Å². The third-order valence-corrected chi connectivity index (χ3v) is 5.11. The maximum atomic E-state index is 12.9. The van der Waals surface area contributed by atoms with Crippen molar-refractivity contribution in [3.05, 3.63) is 23.8 Å². The summed E-state index contributed by atoms with van der Waals surface area (Å²) < 4.78 is 5.91. The van der Waals surface area contributed by atoms with Crippen molar-refractivity contribution in [2.24, 2.45) is 0 Å². The van der Waals surface area contributed by atoms with E-state index >= 15 is 0 Å². The third-order valence-electron chi connectivity index (χ3n) is 5.11. The number of rotatable bonds is 5. The molecule has 1 aromatic rings. The molecular weight excluding hydrogens is 316 g/mol. The zero-order valence-corrected chi connectivity index (χ0v) is 15.5. The van der Waals surface area contributed by atoms with Crippen LogP contribution in [0.4, 0.5) is 5.69 Å². The summed E-state index contributed by atoms with van der Waals surface area (Å²) >= 11 is 0. The minimum atomic E-state index is -0.884. The molecule has 3 rings (SSSR count). The number of hydrogen-bond acceptors (Lipinski definition) is 4. The van der Waals surface area contributed by atoms with Crippen molar-refractivity contribution in [1.29, 1.82) is 0 Å². The Morgan fingerprint density at radius 3 is 2.56 bits per heavy atom. The topological polar surface area (TPSA) is 49.9 Å². The molecule has 1 fully saturated rings. The first-order valence-corrected chi connectivity index (χ1v) is 9.33. The van der Waals surface area contributed by atoms with Crippen LogP contribution < -0.4 is 9.64 Å². The molecule has 0 spiro atoms. The molecule has 1 saturated heterocycles. The molecule has 0 bridgehead atoms. The molecule has 0 unspecified atom stereocenters. The van der Waals surface area contributed by atoms with Crippen molar-refractivity contribution >= 4 is 17.4 Å². The Bertz CT molecular complexity index is 663. The molecule has 25 heavy (non-hydrogen) atoms. The smallest absolute Gasteiger partial charge is 0.270 e. The number of nitrogens with zero attached hydrogens (tertiary/aromatic N) is 2. The van der Waals surface area contributed by atoms with Crippen molar-refractivity contribution < 1.29 is 14.3 Å². The van der Waals surface area contributed by atoms with E-state index in [1.54, 1.807) is 24.8 Å². The van der Waals surface area contributed by atoms with Crippen molar-refractivity contribution in [1.82, 2.24) is 4.90 Å². The molecule has 0 aromatic heterocycles. The summed E-state index contributed by atoms with van der Waals surface area (Å²) in [5.41, 5.74) is 0.478. The quantitative estimate of drug-likeness (QED) is 0.769. The molecule has 136 valence electrons. The number of benzene rings is 1. The molecule has 0 saturated carbocycles. The van der Waals surface area contributed by atoms with Crippen LogP contribution in [0, 0.1) is 0 Å². The van der Waals surface area contributed by atoms with Gasteiger partial charge in [0, 0.05) is 25.1 Å². The van der Waals surface area contributed by atoms with Crippen molar-refractivity contribution in [3.8, 4) is 5.75 Å². The number of fused-ring (bicyclic) bond motifs is 1. The van der Waals surface area contributed by atoms with Crippen molar-refractivity contribution in [2.75, 3.05) is 31.1 Å². The van der Waals surface area contributed by atoms with Gasteiger partial charge in [-0.1, -0.05) is 13.3 Å². The minimum Gasteiger partial charge on any atom is -0.476 e. The molecule has 5 heteroatoms. The predicted octanol–water partition coefficient (Wildman–Crippen LogP) is 3.27. The molecule has 1 amide bonds. The monoisotopic (exact) mass is 344 g/mol. The molecule has 2 aliphatic heterocycles. The van der Waals surface area contributed by atoms with Crippen LogP contribution in [0.1, 0.15) is 56.8 Å². The summed E-state index contributed by atoms with van der Waals surface area (Å²) in [6.45, 7) is 9.14. The number of Topliss-reactive ketones (excluding diaryl/α,β-unsaturated/α-hetero) is 1. The van der Waals surface area contributed by atoms with E-state index in [-0.39, 0.29) is 11.7 Å². The van der Waals surface area contributed by atoms with Gasteiger partial charge in [-0.05, 0) is 58.0 Å². The van der Waals surface area contributed by atoms with Gasteiger partial charge in [0.2, 0.25) is 0 Å². The van der Waals surface area contributed by atoms with Gasteiger partial charge in [0.25, 0.3) is 5.91 Å². The number of likely N-dealkylation sites (tertiary alicyclic amines) is 1. The Labute approximate surface area is 149 Å². The van der Waals surface area contributed by atoms with E-state index < -0.39 is 5.60 Å². The van der Waals surface area contributed by atoms with Crippen LogP contribution in [-0.2, 0) is 4.79 Å². The molecule has 2 aliphatic rings. The van der Waals surface area contributed by atoms with Gasteiger partial charge in [-0.2, -0.15) is 0 Å². The van der Waals surface area contributed by atoms with Crippen LogP contribution in [0.2, 0.25) is 0 Å². The van der Waals surface area contributed by atoms with Crippen LogP contribution in [0.5, 0.6) is 5.75 Å². The first-order chi connectivity index (χ1) is 11.9. The number of carbonyl (C=O) groups excluding carboxylic acids is 2. The van der Waals surface area contributed by atoms with E-state index in [1.807, 2.05) is 19.1 Å². The Hall–Kier alpha value is -1.88. The summed E-state index contributed by atoms with van der Waals surface area (Å²) in [6, 6.07) is 5.42. The second kappa shape index (κ2) is 7.16. The van der Waals surface area contributed by atoms with E-state index in [0.717, 1.165) is 25.3 Å². The number of ketones is 1. The number of anilines is 1. The zero-order valence-electron chi connectivity index (χ0n) is 15.5. The molecule has 5 nitrogen and oxygen atoms in total. The summed E-state index contributed by atoms with van der Waals surface area (Å²) in [4.78, 5) is 29.2. The van der Waals surface area contributed by atoms with Gasteiger partial charge in [-0.3, -0.25) is 9.59 Å². The number of hydrogen-bond donors (Lipinski definition) is 0. The molecule has 2 heterocycles.